The van der Waals surface area contributed by atoms with Crippen molar-refractivity contribution in [1.82, 2.24) is 10.2 Å². The molecular weight excluding hydrogens is 368 g/mol. The molecule has 2 aromatic rings. The summed E-state index contributed by atoms with van der Waals surface area (Å²) in [5, 5.41) is 5.76. The van der Waals surface area contributed by atoms with Crippen LogP contribution in [0.2, 0.25) is 0 Å². The second kappa shape index (κ2) is 9.71. The average Bonchev–Trinajstić information content (AvgIpc) is 2.65. The van der Waals surface area contributed by atoms with Gasteiger partial charge < -0.3 is 10.6 Å². The number of hydrogen-bond acceptors (Lipinski definition) is 3. The fraction of sp³-hybridized carbons (Fsp3) is 0.350. The minimum atomic E-state index is -2.44. The van der Waals surface area contributed by atoms with Crippen LogP contribution in [-0.4, -0.2) is 35.8 Å². The molecule has 0 bridgehead atoms. The van der Waals surface area contributed by atoms with E-state index < -0.39 is 5.76 Å². The molecule has 2 amide bonds. The van der Waals surface area contributed by atoms with E-state index in [0.717, 1.165) is 32.5 Å². The van der Waals surface area contributed by atoms with Gasteiger partial charge in [0.15, 0.2) is 0 Å². The van der Waals surface area contributed by atoms with Crippen molar-refractivity contribution in [3.63, 3.8) is 0 Å². The van der Waals surface area contributed by atoms with E-state index in [1.54, 1.807) is 24.3 Å². The summed E-state index contributed by atoms with van der Waals surface area (Å²) in [6, 6.07) is 16.7. The van der Waals surface area contributed by atoms with Crippen LogP contribution in [0.3, 0.4) is 0 Å². The highest BCUT2D eigenvalue weighted by molar-refractivity contribution is 7.99. The van der Waals surface area contributed by atoms with Gasteiger partial charge in [0.2, 0.25) is 0 Å². The first-order valence-corrected chi connectivity index (χ1v) is 9.85. The Hall–Kier alpha value is -2.12. The van der Waals surface area contributed by atoms with E-state index in [9.17, 15) is 13.6 Å². The largest absolute Gasteiger partial charge is 0.335 e. The predicted octanol–water partition coefficient (Wildman–Crippen LogP) is 4.79. The molecule has 27 heavy (non-hydrogen) atoms. The predicted molar refractivity (Wildman–Crippen MR) is 105 cm³/mol. The van der Waals surface area contributed by atoms with Crippen molar-refractivity contribution >= 4 is 23.5 Å². The van der Waals surface area contributed by atoms with Crippen LogP contribution in [0.1, 0.15) is 18.4 Å². The lowest BCUT2D eigenvalue weighted by Crippen LogP contribution is -2.45. The molecule has 0 atom stereocenters. The Kier molecular flexibility index (Phi) is 7.06. The van der Waals surface area contributed by atoms with Crippen LogP contribution in [0.4, 0.5) is 19.3 Å². The molecule has 0 spiro atoms. The highest BCUT2D eigenvalue weighted by Crippen LogP contribution is 2.26. The molecule has 1 saturated heterocycles. The number of carbonyl (C=O) groups is 1. The smallest absolute Gasteiger partial charge is 0.319 e. The molecule has 7 heteroatoms. The molecule has 0 saturated carbocycles. The Morgan fingerprint density at radius 1 is 1.07 bits per heavy atom. The van der Waals surface area contributed by atoms with Crippen LogP contribution in [0.25, 0.3) is 0 Å². The third kappa shape index (κ3) is 6.52. The first kappa shape index (κ1) is 19.6. The van der Waals surface area contributed by atoms with Crippen molar-refractivity contribution in [1.29, 1.82) is 0 Å². The van der Waals surface area contributed by atoms with Gasteiger partial charge in [0.25, 0.3) is 5.76 Å². The summed E-state index contributed by atoms with van der Waals surface area (Å²) < 4.78 is 24.6. The maximum absolute atomic E-state index is 12.3. The van der Waals surface area contributed by atoms with Gasteiger partial charge >= 0.3 is 6.03 Å². The van der Waals surface area contributed by atoms with Gasteiger partial charge in [-0.15, -0.1) is 0 Å². The summed E-state index contributed by atoms with van der Waals surface area (Å²) in [7, 11) is 0. The number of thioether (sulfide) groups is 1. The molecule has 4 nitrogen and oxygen atoms in total. The maximum Gasteiger partial charge on any atom is 0.319 e. The van der Waals surface area contributed by atoms with Crippen molar-refractivity contribution < 1.29 is 13.6 Å². The fourth-order valence-corrected chi connectivity index (χ4v) is 3.65. The number of nitrogens with one attached hydrogen (secondary N) is 2. The molecule has 0 aliphatic carbocycles. The Bertz CT molecular complexity index is 720. The minimum Gasteiger partial charge on any atom is -0.335 e. The van der Waals surface area contributed by atoms with Crippen LogP contribution in [0.15, 0.2) is 59.5 Å². The highest BCUT2D eigenvalue weighted by atomic mass is 32.2. The van der Waals surface area contributed by atoms with Crippen molar-refractivity contribution in [2.24, 2.45) is 0 Å². The number of alkyl halides is 2. The topological polar surface area (TPSA) is 44.4 Å². The van der Waals surface area contributed by atoms with E-state index in [-0.39, 0.29) is 12.1 Å². The monoisotopic (exact) mass is 391 g/mol. The van der Waals surface area contributed by atoms with Gasteiger partial charge in [0.1, 0.15) is 0 Å². The van der Waals surface area contributed by atoms with E-state index in [1.165, 1.54) is 5.56 Å². The molecule has 0 radical (unpaired) electrons. The SMILES string of the molecule is O=C(Nc1ccc(SC(F)F)cc1)NC1CCN(Cc2ccccc2)CC1. The normalized spacial score (nSPS) is 15.7. The van der Waals surface area contributed by atoms with E-state index >= 15 is 0 Å². The summed E-state index contributed by atoms with van der Waals surface area (Å²) in [5.74, 6) is -2.44. The third-order valence-corrected chi connectivity index (χ3v) is 5.23. The molecule has 3 rings (SSSR count). The lowest BCUT2D eigenvalue weighted by atomic mass is 10.0. The molecule has 0 aromatic heterocycles. The van der Waals surface area contributed by atoms with Crippen molar-refractivity contribution in [2.75, 3.05) is 18.4 Å². The first-order chi connectivity index (χ1) is 13.1. The van der Waals surface area contributed by atoms with Gasteiger partial charge in [0.05, 0.1) is 0 Å². The van der Waals surface area contributed by atoms with Gasteiger partial charge in [-0.3, -0.25) is 4.90 Å². The van der Waals surface area contributed by atoms with E-state index in [2.05, 4.69) is 27.7 Å². The van der Waals surface area contributed by atoms with Crippen LogP contribution in [0.5, 0.6) is 0 Å². The number of piperidine rings is 1. The standard InChI is InChI=1S/C20H23F2N3OS/c21-19(22)27-18-8-6-16(7-9-18)23-20(26)24-17-10-12-25(13-11-17)14-15-4-2-1-3-5-15/h1-9,17,19H,10-14H2,(H2,23,24,26). The number of benzene rings is 2. The maximum atomic E-state index is 12.3. The zero-order chi connectivity index (χ0) is 19.1. The van der Waals surface area contributed by atoms with Gasteiger partial charge in [-0.05, 0) is 42.7 Å². The molecular formula is C20H23F2N3OS. The number of hydrogen-bond donors (Lipinski definition) is 2. The van der Waals surface area contributed by atoms with E-state index in [1.807, 2.05) is 18.2 Å². The summed E-state index contributed by atoms with van der Waals surface area (Å²) in [4.78, 5) is 15.0. The number of carbonyl (C=O) groups excluding carboxylic acids is 1. The number of urea groups is 1. The highest BCUT2D eigenvalue weighted by Gasteiger charge is 2.20. The fourth-order valence-electron chi connectivity index (χ4n) is 3.15. The summed E-state index contributed by atoms with van der Waals surface area (Å²) >= 11 is 0.489. The molecule has 2 aromatic carbocycles. The third-order valence-electron chi connectivity index (χ3n) is 4.51. The minimum absolute atomic E-state index is 0.144. The van der Waals surface area contributed by atoms with Crippen LogP contribution >= 0.6 is 11.8 Å². The summed E-state index contributed by atoms with van der Waals surface area (Å²) in [6.07, 6.45) is 1.81. The first-order valence-electron chi connectivity index (χ1n) is 8.97. The Morgan fingerprint density at radius 2 is 1.74 bits per heavy atom. The number of likely N-dealkylation sites (tertiary alicyclic amines) is 1. The molecule has 1 aliphatic rings. The Balaban J connectivity index is 1.40. The Labute approximate surface area is 162 Å². The number of amides is 2. The van der Waals surface area contributed by atoms with Gasteiger partial charge in [-0.25, -0.2) is 4.79 Å². The quantitative estimate of drug-likeness (QED) is 0.696. The lowest BCUT2D eigenvalue weighted by Gasteiger charge is -2.32. The van der Waals surface area contributed by atoms with Gasteiger partial charge in [0, 0.05) is 36.3 Å². The Morgan fingerprint density at radius 3 is 2.37 bits per heavy atom. The molecule has 1 aliphatic heterocycles. The molecule has 144 valence electrons. The second-order valence-corrected chi connectivity index (χ2v) is 7.60. The van der Waals surface area contributed by atoms with Crippen molar-refractivity contribution in [3.8, 4) is 0 Å². The molecule has 2 N–H and O–H groups in total. The molecule has 1 fully saturated rings. The number of rotatable bonds is 6. The molecule has 0 unspecified atom stereocenters. The van der Waals surface area contributed by atoms with Gasteiger partial charge in [-0.1, -0.05) is 42.1 Å². The average molecular weight is 391 g/mol. The zero-order valence-corrected chi connectivity index (χ0v) is 15.7. The summed E-state index contributed by atoms with van der Waals surface area (Å²) in [6.45, 7) is 2.82. The zero-order valence-electron chi connectivity index (χ0n) is 14.9. The number of anilines is 1. The lowest BCUT2D eigenvalue weighted by molar-refractivity contribution is 0.190. The van der Waals surface area contributed by atoms with Crippen molar-refractivity contribution in [3.05, 3.63) is 60.2 Å². The summed E-state index contributed by atoms with van der Waals surface area (Å²) in [5.41, 5.74) is 1.89. The van der Waals surface area contributed by atoms with E-state index in [4.69, 9.17) is 0 Å². The number of nitrogens with zero attached hydrogens (tertiary/aromatic N) is 1. The van der Waals surface area contributed by atoms with Gasteiger partial charge in [-0.2, -0.15) is 8.78 Å². The number of halogens is 2. The molecule has 1 heterocycles. The van der Waals surface area contributed by atoms with Crippen LogP contribution < -0.4 is 10.6 Å². The second-order valence-electron chi connectivity index (χ2n) is 6.54. The van der Waals surface area contributed by atoms with E-state index in [0.29, 0.717) is 22.3 Å². The van der Waals surface area contributed by atoms with Crippen molar-refractivity contribution in [2.45, 2.75) is 36.1 Å². The van der Waals surface area contributed by atoms with Crippen LogP contribution in [-0.2, 0) is 6.54 Å². The van der Waals surface area contributed by atoms with Crippen LogP contribution in [0, 0.1) is 0 Å².